The Hall–Kier alpha value is -2.17. The van der Waals surface area contributed by atoms with Gasteiger partial charge in [-0.05, 0) is 25.1 Å². The Balaban J connectivity index is 2.02. The standard InChI is InChI=1S/C17H20O9/c1-7(19)4-8-5-9-11(3-2-10(20)13(9)16(23)24-8)25-17-15(22)14(21)12(6-18)26-17/h2-3,5,7,12,14-15,17-22H,4,6H2,1H3/t7-,12+,14+,15+,17-/m0/s1. The summed E-state index contributed by atoms with van der Waals surface area (Å²) in [7, 11) is 0. The molecule has 0 radical (unpaired) electrons. The zero-order valence-electron chi connectivity index (χ0n) is 13.9. The van der Waals surface area contributed by atoms with Crippen LogP contribution in [0, 0.1) is 0 Å². The Morgan fingerprint density at radius 3 is 2.62 bits per heavy atom. The zero-order chi connectivity index (χ0) is 19.0. The summed E-state index contributed by atoms with van der Waals surface area (Å²) in [5.41, 5.74) is -0.803. The molecular formula is C17H20O9. The third kappa shape index (κ3) is 3.39. The number of rotatable bonds is 5. The van der Waals surface area contributed by atoms with Crippen molar-refractivity contribution in [2.24, 2.45) is 0 Å². The Morgan fingerprint density at radius 1 is 1.27 bits per heavy atom. The Bertz CT molecular complexity index is 844. The predicted molar refractivity (Wildman–Crippen MR) is 87.9 cm³/mol. The van der Waals surface area contributed by atoms with Crippen LogP contribution in [-0.2, 0) is 11.2 Å². The lowest BCUT2D eigenvalue weighted by Gasteiger charge is -2.18. The summed E-state index contributed by atoms with van der Waals surface area (Å²) in [6, 6.07) is 4.04. The summed E-state index contributed by atoms with van der Waals surface area (Å²) in [5.74, 6) is -0.0210. The summed E-state index contributed by atoms with van der Waals surface area (Å²) in [6.07, 6.45) is -5.69. The molecule has 0 amide bonds. The highest BCUT2D eigenvalue weighted by Crippen LogP contribution is 2.33. The van der Waals surface area contributed by atoms with Gasteiger partial charge >= 0.3 is 5.63 Å². The molecule has 0 saturated carbocycles. The third-order valence-corrected chi connectivity index (χ3v) is 4.16. The van der Waals surface area contributed by atoms with Crippen LogP contribution in [0.5, 0.6) is 11.5 Å². The topological polar surface area (TPSA) is 150 Å². The molecule has 0 aliphatic carbocycles. The van der Waals surface area contributed by atoms with Gasteiger partial charge in [0.15, 0.2) is 0 Å². The Morgan fingerprint density at radius 2 is 2.00 bits per heavy atom. The molecule has 2 aromatic rings. The molecule has 1 aromatic heterocycles. The van der Waals surface area contributed by atoms with E-state index in [1.165, 1.54) is 25.1 Å². The van der Waals surface area contributed by atoms with Crippen molar-refractivity contribution in [3.63, 3.8) is 0 Å². The largest absolute Gasteiger partial charge is 0.507 e. The summed E-state index contributed by atoms with van der Waals surface area (Å²) in [4.78, 5) is 12.2. The van der Waals surface area contributed by atoms with Gasteiger partial charge in [-0.1, -0.05) is 0 Å². The molecule has 1 saturated heterocycles. The van der Waals surface area contributed by atoms with E-state index in [1.807, 2.05) is 0 Å². The molecule has 5 atom stereocenters. The minimum Gasteiger partial charge on any atom is -0.507 e. The van der Waals surface area contributed by atoms with E-state index in [0.29, 0.717) is 0 Å². The molecule has 9 nitrogen and oxygen atoms in total. The van der Waals surface area contributed by atoms with Gasteiger partial charge in [-0.15, -0.1) is 0 Å². The van der Waals surface area contributed by atoms with Gasteiger partial charge in [-0.25, -0.2) is 4.79 Å². The first-order valence-corrected chi connectivity index (χ1v) is 8.07. The van der Waals surface area contributed by atoms with Crippen molar-refractivity contribution >= 4 is 10.8 Å². The van der Waals surface area contributed by atoms with Crippen molar-refractivity contribution in [3.05, 3.63) is 34.4 Å². The van der Waals surface area contributed by atoms with E-state index in [1.54, 1.807) is 0 Å². The third-order valence-electron chi connectivity index (χ3n) is 4.16. The maximum atomic E-state index is 12.2. The molecule has 1 aliphatic heterocycles. The normalized spacial score (nSPS) is 27.0. The fourth-order valence-electron chi connectivity index (χ4n) is 2.89. The van der Waals surface area contributed by atoms with Gasteiger partial charge in [0.05, 0.1) is 12.7 Å². The second kappa shape index (κ2) is 7.22. The van der Waals surface area contributed by atoms with Gasteiger partial charge in [0.2, 0.25) is 6.29 Å². The van der Waals surface area contributed by atoms with Gasteiger partial charge in [0, 0.05) is 11.8 Å². The molecule has 2 heterocycles. The van der Waals surface area contributed by atoms with Crippen molar-refractivity contribution in [2.45, 2.75) is 44.1 Å². The minimum absolute atomic E-state index is 0.0775. The zero-order valence-corrected chi connectivity index (χ0v) is 13.9. The van der Waals surface area contributed by atoms with Crippen LogP contribution in [0.2, 0.25) is 0 Å². The van der Waals surface area contributed by atoms with E-state index in [-0.39, 0.29) is 34.5 Å². The molecule has 5 N–H and O–H groups in total. The number of aliphatic hydroxyl groups excluding tert-OH is 4. The van der Waals surface area contributed by atoms with Gasteiger partial charge in [0.1, 0.15) is 41.0 Å². The van der Waals surface area contributed by atoms with Crippen LogP contribution in [-0.4, -0.2) is 62.8 Å². The number of fused-ring (bicyclic) bond motifs is 1. The molecule has 1 fully saturated rings. The SMILES string of the molecule is C[C@H](O)Cc1cc2c(O[C@H]3O[C@H](CO)[C@@H](O)[C@H]3O)ccc(O)c2c(=O)o1. The summed E-state index contributed by atoms with van der Waals surface area (Å²) in [5, 5.41) is 48.5. The fraction of sp³-hybridized carbons (Fsp3) is 0.471. The highest BCUT2D eigenvalue weighted by atomic mass is 16.7. The molecular weight excluding hydrogens is 348 g/mol. The molecule has 3 rings (SSSR count). The van der Waals surface area contributed by atoms with Gasteiger partial charge < -0.3 is 39.4 Å². The van der Waals surface area contributed by atoms with Gasteiger partial charge in [-0.2, -0.15) is 0 Å². The van der Waals surface area contributed by atoms with E-state index in [2.05, 4.69) is 0 Å². The smallest absolute Gasteiger partial charge is 0.347 e. The van der Waals surface area contributed by atoms with Crippen LogP contribution in [0.1, 0.15) is 12.7 Å². The number of hydrogen-bond acceptors (Lipinski definition) is 9. The second-order valence-corrected chi connectivity index (χ2v) is 6.25. The van der Waals surface area contributed by atoms with Crippen LogP contribution in [0.25, 0.3) is 10.8 Å². The molecule has 26 heavy (non-hydrogen) atoms. The average molecular weight is 368 g/mol. The molecule has 142 valence electrons. The highest BCUT2D eigenvalue weighted by Gasteiger charge is 2.44. The summed E-state index contributed by atoms with van der Waals surface area (Å²) in [6.45, 7) is 1.03. The monoisotopic (exact) mass is 368 g/mol. The summed E-state index contributed by atoms with van der Waals surface area (Å²) < 4.78 is 15.9. The fourth-order valence-corrected chi connectivity index (χ4v) is 2.89. The number of hydrogen-bond donors (Lipinski definition) is 5. The number of phenolic OH excluding ortho intramolecular Hbond substituents is 1. The Kier molecular flexibility index (Phi) is 5.17. The number of ether oxygens (including phenoxy) is 2. The van der Waals surface area contributed by atoms with E-state index in [0.717, 1.165) is 0 Å². The number of aliphatic hydroxyl groups is 4. The number of aromatic hydroxyl groups is 1. The van der Waals surface area contributed by atoms with Crippen LogP contribution in [0.15, 0.2) is 27.4 Å². The molecule has 0 unspecified atom stereocenters. The van der Waals surface area contributed by atoms with Crippen LogP contribution in [0.3, 0.4) is 0 Å². The van der Waals surface area contributed by atoms with E-state index >= 15 is 0 Å². The van der Waals surface area contributed by atoms with E-state index in [9.17, 15) is 25.2 Å². The quantitative estimate of drug-likeness (QED) is 0.459. The van der Waals surface area contributed by atoms with Gasteiger partial charge in [-0.3, -0.25) is 0 Å². The second-order valence-electron chi connectivity index (χ2n) is 6.25. The number of phenols is 1. The molecule has 0 spiro atoms. The minimum atomic E-state index is -1.41. The van der Waals surface area contributed by atoms with Crippen molar-refractivity contribution in [3.8, 4) is 11.5 Å². The molecule has 9 heteroatoms. The molecule has 0 bridgehead atoms. The van der Waals surface area contributed by atoms with Crippen LogP contribution in [0.4, 0.5) is 0 Å². The lowest BCUT2D eigenvalue weighted by atomic mass is 10.1. The van der Waals surface area contributed by atoms with Crippen molar-refractivity contribution in [2.75, 3.05) is 6.61 Å². The van der Waals surface area contributed by atoms with Crippen molar-refractivity contribution in [1.82, 2.24) is 0 Å². The number of benzene rings is 1. The van der Waals surface area contributed by atoms with Crippen LogP contribution >= 0.6 is 0 Å². The molecule has 1 aliphatic rings. The average Bonchev–Trinajstić information content (AvgIpc) is 2.84. The maximum absolute atomic E-state index is 12.2. The van der Waals surface area contributed by atoms with E-state index in [4.69, 9.17) is 19.0 Å². The van der Waals surface area contributed by atoms with Crippen LogP contribution < -0.4 is 10.4 Å². The lowest BCUT2D eigenvalue weighted by Crippen LogP contribution is -2.35. The van der Waals surface area contributed by atoms with E-state index < -0.39 is 42.9 Å². The lowest BCUT2D eigenvalue weighted by molar-refractivity contribution is -0.115. The predicted octanol–water partition coefficient (Wildman–Crippen LogP) is -0.760. The first-order chi connectivity index (χ1) is 12.3. The highest BCUT2D eigenvalue weighted by molar-refractivity contribution is 5.92. The summed E-state index contributed by atoms with van der Waals surface area (Å²) >= 11 is 0. The maximum Gasteiger partial charge on any atom is 0.347 e. The molecule has 1 aromatic carbocycles. The van der Waals surface area contributed by atoms with Gasteiger partial charge in [0.25, 0.3) is 0 Å². The Labute approximate surface area is 147 Å². The first-order valence-electron chi connectivity index (χ1n) is 8.07. The van der Waals surface area contributed by atoms with Crippen molar-refractivity contribution < 1.29 is 39.4 Å². The first kappa shape index (κ1) is 18.6. The van der Waals surface area contributed by atoms with Crippen molar-refractivity contribution in [1.29, 1.82) is 0 Å².